The summed E-state index contributed by atoms with van der Waals surface area (Å²) < 4.78 is 34.4. The van der Waals surface area contributed by atoms with Gasteiger partial charge in [-0.3, -0.25) is 4.79 Å². The van der Waals surface area contributed by atoms with Crippen LogP contribution in [-0.4, -0.2) is 74.4 Å². The minimum atomic E-state index is -3.87. The average Bonchev–Trinajstić information content (AvgIpc) is 3.27. The summed E-state index contributed by atoms with van der Waals surface area (Å²) in [6, 6.07) is 8.80. The highest BCUT2D eigenvalue weighted by molar-refractivity contribution is 7.89. The summed E-state index contributed by atoms with van der Waals surface area (Å²) >= 11 is 0. The highest BCUT2D eigenvalue weighted by atomic mass is 32.2. The van der Waals surface area contributed by atoms with Crippen LogP contribution in [0.2, 0.25) is 0 Å². The van der Waals surface area contributed by atoms with Crippen molar-refractivity contribution in [3.8, 4) is 5.75 Å². The molecule has 0 unspecified atom stereocenters. The zero-order chi connectivity index (χ0) is 26.7. The highest BCUT2D eigenvalue weighted by Crippen LogP contribution is 2.46. The lowest BCUT2D eigenvalue weighted by Crippen LogP contribution is -2.38. The molecule has 2 heterocycles. The number of nitrogens with one attached hydrogen (secondary N) is 2. The van der Waals surface area contributed by atoms with Crippen LogP contribution in [0.3, 0.4) is 0 Å². The maximum Gasteiger partial charge on any atom is 0.246 e. The van der Waals surface area contributed by atoms with E-state index in [1.54, 1.807) is 6.07 Å². The lowest BCUT2D eigenvalue weighted by atomic mass is 9.71. The number of nitrogens with zero attached hydrogens (tertiary/aromatic N) is 2. The molecule has 1 saturated heterocycles. The van der Waals surface area contributed by atoms with Gasteiger partial charge >= 0.3 is 0 Å². The second kappa shape index (κ2) is 9.08. The molecule has 0 atom stereocenters. The quantitative estimate of drug-likeness (QED) is 0.473. The molecule has 196 valence electrons. The smallest absolute Gasteiger partial charge is 0.246 e. The number of aromatic amines is 1. The number of likely N-dealkylation sites (tertiary alicyclic amines) is 1. The summed E-state index contributed by atoms with van der Waals surface area (Å²) in [6.45, 7) is 9.00. The average molecular weight is 523 g/mol. The number of piperidine rings is 1. The molecule has 0 bridgehead atoms. The van der Waals surface area contributed by atoms with Crippen molar-refractivity contribution in [2.45, 2.75) is 50.0 Å². The molecule has 2 aromatic carbocycles. The monoisotopic (exact) mass is 522 g/mol. The molecule has 9 heteroatoms. The van der Waals surface area contributed by atoms with Crippen LogP contribution in [-0.2, 0) is 15.4 Å². The molecule has 2 N–H and O–H groups in total. The Morgan fingerprint density at radius 1 is 1.19 bits per heavy atom. The number of ketones is 1. The molecule has 1 fully saturated rings. The number of carbonyl (C=O) groups is 1. The second-order valence-corrected chi connectivity index (χ2v) is 12.8. The van der Waals surface area contributed by atoms with Crippen molar-refractivity contribution in [2.75, 3.05) is 33.7 Å². The minimum Gasteiger partial charge on any atom is -0.489 e. The molecule has 3 aromatic rings. The Labute approximate surface area is 218 Å². The fourth-order valence-electron chi connectivity index (χ4n) is 5.56. The molecule has 8 nitrogen and oxygen atoms in total. The molecular formula is C28H34N4O4S. The Bertz CT molecular complexity index is 1510. The third-order valence-electron chi connectivity index (χ3n) is 7.88. The van der Waals surface area contributed by atoms with Gasteiger partial charge in [0.05, 0.1) is 5.56 Å². The first kappa shape index (κ1) is 25.6. The van der Waals surface area contributed by atoms with E-state index < -0.39 is 15.4 Å². The summed E-state index contributed by atoms with van der Waals surface area (Å²) in [5.41, 5.74) is 3.36. The van der Waals surface area contributed by atoms with Gasteiger partial charge in [-0.2, -0.15) is 0 Å². The SMILES string of the molecule is CCN1CCC(Oc2cc3c(cc2S(=O)(=O)N(C)C)C(=O)c2c([nH]c4cc(C=N)ccc24)C3(C)C)CC1. The Morgan fingerprint density at radius 3 is 2.51 bits per heavy atom. The molecule has 1 aliphatic carbocycles. The predicted octanol–water partition coefficient (Wildman–Crippen LogP) is 4.15. The maximum atomic E-state index is 13.9. The van der Waals surface area contributed by atoms with E-state index in [-0.39, 0.29) is 16.8 Å². The van der Waals surface area contributed by atoms with Crippen LogP contribution in [0.15, 0.2) is 35.2 Å². The minimum absolute atomic E-state index is 0.0210. The summed E-state index contributed by atoms with van der Waals surface area (Å²) in [4.78, 5) is 19.7. The number of ether oxygens (including phenoxy) is 1. The number of aromatic nitrogens is 1. The zero-order valence-electron chi connectivity index (χ0n) is 22.0. The van der Waals surface area contributed by atoms with Crippen LogP contribution in [0.1, 0.15) is 66.4 Å². The van der Waals surface area contributed by atoms with Crippen molar-refractivity contribution in [3.63, 3.8) is 0 Å². The van der Waals surface area contributed by atoms with E-state index in [0.29, 0.717) is 16.9 Å². The normalized spacial score (nSPS) is 18.2. The molecule has 5 rings (SSSR count). The van der Waals surface area contributed by atoms with Gasteiger partial charge in [-0.05, 0) is 48.7 Å². The zero-order valence-corrected chi connectivity index (χ0v) is 22.8. The summed E-state index contributed by atoms with van der Waals surface area (Å²) in [6.07, 6.45) is 2.81. The van der Waals surface area contributed by atoms with Gasteiger partial charge < -0.3 is 20.0 Å². The van der Waals surface area contributed by atoms with E-state index in [9.17, 15) is 13.2 Å². The highest BCUT2D eigenvalue weighted by Gasteiger charge is 2.42. The summed E-state index contributed by atoms with van der Waals surface area (Å²) in [5.74, 6) is 0.0881. The first-order valence-electron chi connectivity index (χ1n) is 12.7. The fourth-order valence-corrected chi connectivity index (χ4v) is 6.58. The van der Waals surface area contributed by atoms with Gasteiger partial charge in [-0.25, -0.2) is 12.7 Å². The van der Waals surface area contributed by atoms with Crippen LogP contribution >= 0.6 is 0 Å². The fraction of sp³-hybridized carbons (Fsp3) is 0.429. The van der Waals surface area contributed by atoms with E-state index in [2.05, 4.69) is 16.8 Å². The van der Waals surface area contributed by atoms with E-state index >= 15 is 0 Å². The van der Waals surface area contributed by atoms with Crippen molar-refractivity contribution < 1.29 is 17.9 Å². The van der Waals surface area contributed by atoms with Gasteiger partial charge in [0.15, 0.2) is 5.78 Å². The van der Waals surface area contributed by atoms with Gasteiger partial charge in [-0.15, -0.1) is 0 Å². The third-order valence-corrected chi connectivity index (χ3v) is 9.71. The Hall–Kier alpha value is -3.01. The first-order chi connectivity index (χ1) is 17.5. The van der Waals surface area contributed by atoms with Gasteiger partial charge in [0, 0.05) is 61.0 Å². The van der Waals surface area contributed by atoms with Crippen molar-refractivity contribution >= 4 is 32.9 Å². The van der Waals surface area contributed by atoms with E-state index in [1.807, 2.05) is 32.0 Å². The first-order valence-corrected chi connectivity index (χ1v) is 14.1. The molecule has 2 aliphatic rings. The summed E-state index contributed by atoms with van der Waals surface area (Å²) in [5, 5.41) is 8.36. The van der Waals surface area contributed by atoms with Crippen molar-refractivity contribution in [1.29, 1.82) is 5.41 Å². The number of fused-ring (bicyclic) bond motifs is 4. The van der Waals surface area contributed by atoms with Crippen LogP contribution in [0.25, 0.3) is 10.9 Å². The van der Waals surface area contributed by atoms with Gasteiger partial charge in [0.2, 0.25) is 10.0 Å². The standard InChI is InChI=1S/C28H34N4O4S/c1-6-32-11-9-18(10-12-32)36-23-15-21-20(14-24(23)37(34,35)31(4)5)26(33)25-19-8-7-17(16-29)13-22(19)30-27(25)28(21,2)3/h7-8,13-16,18,29-30H,6,9-12H2,1-5H3. The number of hydrogen-bond donors (Lipinski definition) is 2. The Kier molecular flexibility index (Phi) is 6.29. The number of sulfonamides is 1. The van der Waals surface area contributed by atoms with Crippen LogP contribution in [0.5, 0.6) is 5.75 Å². The number of carbonyl (C=O) groups excluding carboxylic acids is 1. The maximum absolute atomic E-state index is 13.9. The topological polar surface area (TPSA) is 107 Å². The number of benzene rings is 2. The molecule has 0 saturated carbocycles. The molecule has 1 aromatic heterocycles. The van der Waals surface area contributed by atoms with Crippen molar-refractivity contribution in [2.24, 2.45) is 0 Å². The summed E-state index contributed by atoms with van der Waals surface area (Å²) in [7, 11) is -0.893. The second-order valence-electron chi connectivity index (χ2n) is 10.7. The van der Waals surface area contributed by atoms with Gasteiger partial charge in [-0.1, -0.05) is 32.9 Å². The number of hydrogen-bond acceptors (Lipinski definition) is 6. The number of rotatable bonds is 6. The van der Waals surface area contributed by atoms with Crippen molar-refractivity contribution in [1.82, 2.24) is 14.2 Å². The van der Waals surface area contributed by atoms with E-state index in [1.165, 1.54) is 26.4 Å². The molecular weight excluding hydrogens is 488 g/mol. The molecule has 0 spiro atoms. The van der Waals surface area contributed by atoms with Crippen molar-refractivity contribution in [3.05, 3.63) is 58.3 Å². The predicted molar refractivity (Wildman–Crippen MR) is 145 cm³/mol. The Morgan fingerprint density at radius 2 is 1.89 bits per heavy atom. The van der Waals surface area contributed by atoms with E-state index in [0.717, 1.165) is 64.5 Å². The third kappa shape index (κ3) is 4.09. The molecule has 0 amide bonds. The molecule has 0 radical (unpaired) electrons. The largest absolute Gasteiger partial charge is 0.489 e. The van der Waals surface area contributed by atoms with Crippen LogP contribution in [0, 0.1) is 5.41 Å². The van der Waals surface area contributed by atoms with Gasteiger partial charge in [0.1, 0.15) is 16.7 Å². The lowest BCUT2D eigenvalue weighted by molar-refractivity contribution is 0.100. The molecule has 1 aliphatic heterocycles. The van der Waals surface area contributed by atoms with E-state index in [4.69, 9.17) is 10.1 Å². The molecule has 37 heavy (non-hydrogen) atoms. The van der Waals surface area contributed by atoms with Crippen LogP contribution in [0.4, 0.5) is 0 Å². The lowest BCUT2D eigenvalue weighted by Gasteiger charge is -2.35. The number of H-pyrrole nitrogens is 1. The van der Waals surface area contributed by atoms with Crippen LogP contribution < -0.4 is 4.74 Å². The van der Waals surface area contributed by atoms with Gasteiger partial charge in [0.25, 0.3) is 0 Å². The Balaban J connectivity index is 1.67.